The molecule has 3 nitrogen and oxygen atoms in total. The molecule has 0 aliphatic carbocycles. The molecule has 0 unspecified atom stereocenters. The van der Waals surface area contributed by atoms with E-state index >= 15 is 0 Å². The molecular formula is C15H23FN2O. The van der Waals surface area contributed by atoms with E-state index in [1.807, 2.05) is 13.8 Å². The Labute approximate surface area is 114 Å². The van der Waals surface area contributed by atoms with E-state index in [4.69, 9.17) is 5.73 Å². The molecule has 1 amide bonds. The Hall–Kier alpha value is -1.42. The predicted octanol–water partition coefficient (Wildman–Crippen LogP) is 2.34. The van der Waals surface area contributed by atoms with E-state index in [9.17, 15) is 9.18 Å². The second-order valence-corrected chi connectivity index (χ2v) is 5.65. The first kappa shape index (κ1) is 15.6. The lowest BCUT2D eigenvalue weighted by atomic mass is 10.00. The molecule has 106 valence electrons. The first-order valence-electron chi connectivity index (χ1n) is 6.56. The van der Waals surface area contributed by atoms with Gasteiger partial charge in [-0.1, -0.05) is 18.2 Å². The Kier molecular flexibility index (Phi) is 5.48. The van der Waals surface area contributed by atoms with Crippen molar-refractivity contribution in [2.45, 2.75) is 38.6 Å². The zero-order valence-corrected chi connectivity index (χ0v) is 11.9. The number of halogens is 1. The van der Waals surface area contributed by atoms with Crippen LogP contribution in [0.1, 0.15) is 32.3 Å². The highest BCUT2D eigenvalue weighted by Crippen LogP contribution is 2.10. The van der Waals surface area contributed by atoms with Crippen LogP contribution in [0.4, 0.5) is 4.39 Å². The van der Waals surface area contributed by atoms with E-state index in [2.05, 4.69) is 0 Å². The average molecular weight is 266 g/mol. The predicted molar refractivity (Wildman–Crippen MR) is 75.2 cm³/mol. The second kappa shape index (κ2) is 6.66. The Morgan fingerprint density at radius 2 is 2.00 bits per heavy atom. The molecular weight excluding hydrogens is 243 g/mol. The maximum absolute atomic E-state index is 13.4. The molecule has 1 aromatic carbocycles. The molecule has 1 aromatic rings. The minimum absolute atomic E-state index is 0.0508. The zero-order chi connectivity index (χ0) is 14.5. The third kappa shape index (κ3) is 5.83. The van der Waals surface area contributed by atoms with Gasteiger partial charge in [0, 0.05) is 25.6 Å². The van der Waals surface area contributed by atoms with Crippen molar-refractivity contribution >= 4 is 5.91 Å². The van der Waals surface area contributed by atoms with Crippen molar-refractivity contribution in [1.82, 2.24) is 4.90 Å². The number of carbonyl (C=O) groups excluding carboxylic acids is 1. The van der Waals surface area contributed by atoms with Crippen LogP contribution in [0.2, 0.25) is 0 Å². The first-order chi connectivity index (χ1) is 8.79. The Morgan fingerprint density at radius 1 is 1.37 bits per heavy atom. The molecule has 0 spiro atoms. The van der Waals surface area contributed by atoms with Gasteiger partial charge in [-0.2, -0.15) is 0 Å². The third-order valence-corrected chi connectivity index (χ3v) is 3.08. The summed E-state index contributed by atoms with van der Waals surface area (Å²) in [7, 11) is 1.74. The summed E-state index contributed by atoms with van der Waals surface area (Å²) >= 11 is 0. The number of benzene rings is 1. The minimum atomic E-state index is -0.331. The van der Waals surface area contributed by atoms with Crippen molar-refractivity contribution in [2.75, 3.05) is 13.6 Å². The summed E-state index contributed by atoms with van der Waals surface area (Å²) in [5, 5.41) is 0. The van der Waals surface area contributed by atoms with Crippen molar-refractivity contribution in [3.05, 3.63) is 35.6 Å². The van der Waals surface area contributed by atoms with Crippen molar-refractivity contribution < 1.29 is 9.18 Å². The maximum atomic E-state index is 13.4. The van der Waals surface area contributed by atoms with Gasteiger partial charge in [0.25, 0.3) is 0 Å². The van der Waals surface area contributed by atoms with Crippen LogP contribution >= 0.6 is 0 Å². The van der Waals surface area contributed by atoms with Crippen LogP contribution in [0.5, 0.6) is 0 Å². The molecule has 0 bridgehead atoms. The Morgan fingerprint density at radius 3 is 2.58 bits per heavy atom. The molecule has 2 N–H and O–H groups in total. The van der Waals surface area contributed by atoms with E-state index in [1.165, 1.54) is 6.07 Å². The topological polar surface area (TPSA) is 46.3 Å². The SMILES string of the molecule is CN(CCc1ccccc1F)C(=O)CCC(C)(C)N. The van der Waals surface area contributed by atoms with Crippen LogP contribution in [0.25, 0.3) is 0 Å². The number of rotatable bonds is 6. The van der Waals surface area contributed by atoms with Gasteiger partial charge in [0.1, 0.15) is 5.82 Å². The summed E-state index contributed by atoms with van der Waals surface area (Å²) in [6.45, 7) is 4.32. The van der Waals surface area contributed by atoms with Gasteiger partial charge in [0.2, 0.25) is 5.91 Å². The van der Waals surface area contributed by atoms with Gasteiger partial charge >= 0.3 is 0 Å². The van der Waals surface area contributed by atoms with E-state index < -0.39 is 0 Å². The van der Waals surface area contributed by atoms with Crippen LogP contribution in [0.15, 0.2) is 24.3 Å². The molecule has 0 heterocycles. The van der Waals surface area contributed by atoms with Gasteiger partial charge in [-0.15, -0.1) is 0 Å². The molecule has 0 saturated carbocycles. The average Bonchev–Trinajstić information content (AvgIpc) is 2.33. The highest BCUT2D eigenvalue weighted by molar-refractivity contribution is 5.75. The monoisotopic (exact) mass is 266 g/mol. The van der Waals surface area contributed by atoms with Crippen molar-refractivity contribution in [3.8, 4) is 0 Å². The van der Waals surface area contributed by atoms with E-state index in [0.717, 1.165) is 0 Å². The van der Waals surface area contributed by atoms with E-state index in [1.54, 1.807) is 30.1 Å². The number of hydrogen-bond donors (Lipinski definition) is 1. The summed E-state index contributed by atoms with van der Waals surface area (Å²) < 4.78 is 13.4. The quantitative estimate of drug-likeness (QED) is 0.859. The summed E-state index contributed by atoms with van der Waals surface area (Å²) in [6, 6.07) is 6.65. The lowest BCUT2D eigenvalue weighted by Gasteiger charge is -2.21. The zero-order valence-electron chi connectivity index (χ0n) is 11.9. The molecule has 0 aliphatic rings. The van der Waals surface area contributed by atoms with Crippen LogP contribution in [-0.4, -0.2) is 29.9 Å². The lowest BCUT2D eigenvalue weighted by Crippen LogP contribution is -2.35. The number of carbonyl (C=O) groups is 1. The Bertz CT molecular complexity index is 426. The van der Waals surface area contributed by atoms with Gasteiger partial charge in [0.05, 0.1) is 0 Å². The standard InChI is InChI=1S/C15H23FN2O/c1-15(2,17)10-8-14(19)18(3)11-9-12-6-4-5-7-13(12)16/h4-7H,8-11,17H2,1-3H3. The molecule has 4 heteroatoms. The number of likely N-dealkylation sites (N-methyl/N-ethyl adjacent to an activating group) is 1. The van der Waals surface area contributed by atoms with Gasteiger partial charge in [-0.3, -0.25) is 4.79 Å². The van der Waals surface area contributed by atoms with Crippen LogP contribution in [-0.2, 0) is 11.2 Å². The van der Waals surface area contributed by atoms with Crippen LogP contribution in [0, 0.1) is 5.82 Å². The van der Waals surface area contributed by atoms with Crippen molar-refractivity contribution in [1.29, 1.82) is 0 Å². The largest absolute Gasteiger partial charge is 0.345 e. The van der Waals surface area contributed by atoms with E-state index in [0.29, 0.717) is 31.4 Å². The molecule has 0 saturated heterocycles. The fraction of sp³-hybridized carbons (Fsp3) is 0.533. The normalized spacial score (nSPS) is 11.4. The number of nitrogens with zero attached hydrogens (tertiary/aromatic N) is 1. The summed E-state index contributed by atoms with van der Waals surface area (Å²) in [4.78, 5) is 13.5. The minimum Gasteiger partial charge on any atom is -0.345 e. The number of amides is 1. The smallest absolute Gasteiger partial charge is 0.222 e. The summed E-state index contributed by atoms with van der Waals surface area (Å²) in [6.07, 6.45) is 1.61. The van der Waals surface area contributed by atoms with Crippen molar-refractivity contribution in [3.63, 3.8) is 0 Å². The van der Waals surface area contributed by atoms with Crippen LogP contribution < -0.4 is 5.73 Å². The summed E-state index contributed by atoms with van der Waals surface area (Å²) in [5.74, 6) is -0.165. The molecule has 0 aliphatic heterocycles. The fourth-order valence-corrected chi connectivity index (χ4v) is 1.73. The van der Waals surface area contributed by atoms with Crippen LogP contribution in [0.3, 0.4) is 0 Å². The third-order valence-electron chi connectivity index (χ3n) is 3.08. The first-order valence-corrected chi connectivity index (χ1v) is 6.56. The number of nitrogens with two attached hydrogens (primary N) is 1. The molecule has 0 radical (unpaired) electrons. The molecule has 1 rings (SSSR count). The van der Waals surface area contributed by atoms with Gasteiger partial charge in [-0.25, -0.2) is 4.39 Å². The number of hydrogen-bond acceptors (Lipinski definition) is 2. The lowest BCUT2D eigenvalue weighted by molar-refractivity contribution is -0.130. The Balaban J connectivity index is 2.41. The van der Waals surface area contributed by atoms with Gasteiger partial charge in [0.15, 0.2) is 0 Å². The van der Waals surface area contributed by atoms with E-state index in [-0.39, 0.29) is 17.3 Å². The second-order valence-electron chi connectivity index (χ2n) is 5.65. The molecule has 0 atom stereocenters. The highest BCUT2D eigenvalue weighted by atomic mass is 19.1. The van der Waals surface area contributed by atoms with Gasteiger partial charge in [-0.05, 0) is 38.3 Å². The highest BCUT2D eigenvalue weighted by Gasteiger charge is 2.15. The fourth-order valence-electron chi connectivity index (χ4n) is 1.73. The molecule has 0 aromatic heterocycles. The maximum Gasteiger partial charge on any atom is 0.222 e. The molecule has 0 fully saturated rings. The van der Waals surface area contributed by atoms with Gasteiger partial charge < -0.3 is 10.6 Å². The summed E-state index contributed by atoms with van der Waals surface area (Å²) in [5.41, 5.74) is 6.16. The van der Waals surface area contributed by atoms with Crippen molar-refractivity contribution in [2.24, 2.45) is 5.73 Å². The molecule has 19 heavy (non-hydrogen) atoms.